The van der Waals surface area contributed by atoms with Gasteiger partial charge in [-0.2, -0.15) is 0 Å². The van der Waals surface area contributed by atoms with Crippen molar-refractivity contribution in [2.75, 3.05) is 5.75 Å². The Morgan fingerprint density at radius 2 is 1.93 bits per heavy atom. The molecular formula is C13H16OS. The quantitative estimate of drug-likeness (QED) is 0.563. The van der Waals surface area contributed by atoms with E-state index >= 15 is 0 Å². The van der Waals surface area contributed by atoms with E-state index in [0.29, 0.717) is 5.75 Å². The summed E-state index contributed by atoms with van der Waals surface area (Å²) in [5.74, 6) is 6.78. The first-order valence-corrected chi connectivity index (χ1v) is 6.55. The van der Waals surface area contributed by atoms with E-state index in [1.54, 1.807) is 0 Å². The molecule has 0 aromatic heterocycles. The second-order valence-corrected chi connectivity index (χ2v) is 4.74. The van der Waals surface area contributed by atoms with Crippen molar-refractivity contribution < 1.29 is 4.21 Å². The van der Waals surface area contributed by atoms with E-state index in [9.17, 15) is 4.21 Å². The van der Waals surface area contributed by atoms with E-state index in [0.717, 1.165) is 24.2 Å². The highest BCUT2D eigenvalue weighted by Crippen LogP contribution is 2.07. The molecule has 0 aliphatic carbocycles. The summed E-state index contributed by atoms with van der Waals surface area (Å²) >= 11 is 0. The zero-order chi connectivity index (χ0) is 10.9. The molecule has 2 heteroatoms. The lowest BCUT2D eigenvalue weighted by molar-refractivity contribution is 0.681. The first-order valence-electron chi connectivity index (χ1n) is 5.23. The maximum atomic E-state index is 11.7. The largest absolute Gasteiger partial charge is 0.254 e. The van der Waals surface area contributed by atoms with Gasteiger partial charge >= 0.3 is 0 Å². The average Bonchev–Trinajstić information content (AvgIpc) is 2.30. The third-order valence-electron chi connectivity index (χ3n) is 1.94. The molecule has 80 valence electrons. The molecule has 0 aliphatic heterocycles. The van der Waals surface area contributed by atoms with Gasteiger partial charge in [0.15, 0.2) is 0 Å². The summed E-state index contributed by atoms with van der Waals surface area (Å²) in [7, 11) is -0.857. The maximum absolute atomic E-state index is 11.7. The fourth-order valence-corrected chi connectivity index (χ4v) is 2.30. The smallest absolute Gasteiger partial charge is 0.0529 e. The lowest BCUT2D eigenvalue weighted by Gasteiger charge is -1.99. The summed E-state index contributed by atoms with van der Waals surface area (Å²) < 4.78 is 11.7. The Bertz CT molecular complexity index is 359. The third kappa shape index (κ3) is 4.80. The minimum atomic E-state index is -0.857. The molecule has 1 atom stereocenters. The van der Waals surface area contributed by atoms with Gasteiger partial charge in [0.1, 0.15) is 0 Å². The van der Waals surface area contributed by atoms with Crippen LogP contribution < -0.4 is 0 Å². The van der Waals surface area contributed by atoms with Crippen LogP contribution in [0.1, 0.15) is 26.2 Å². The van der Waals surface area contributed by atoms with Gasteiger partial charge in [-0.05, 0) is 18.6 Å². The molecule has 1 nitrogen and oxygen atoms in total. The molecule has 0 spiro atoms. The lowest BCUT2D eigenvalue weighted by atomic mass is 10.3. The fourth-order valence-electron chi connectivity index (χ4n) is 1.20. The predicted octanol–water partition coefficient (Wildman–Crippen LogP) is 2.99. The van der Waals surface area contributed by atoms with Crippen molar-refractivity contribution in [1.29, 1.82) is 0 Å². The number of rotatable bonds is 4. The van der Waals surface area contributed by atoms with Crippen molar-refractivity contribution >= 4 is 10.8 Å². The van der Waals surface area contributed by atoms with Crippen LogP contribution in [0, 0.1) is 11.8 Å². The molecule has 0 N–H and O–H groups in total. The monoisotopic (exact) mass is 220 g/mol. The predicted molar refractivity (Wildman–Crippen MR) is 65.0 cm³/mol. The van der Waals surface area contributed by atoms with E-state index in [4.69, 9.17) is 0 Å². The molecule has 1 rings (SSSR count). The molecule has 0 radical (unpaired) electrons. The van der Waals surface area contributed by atoms with Gasteiger partial charge in [-0.3, -0.25) is 4.21 Å². The Kier molecular flexibility index (Phi) is 5.80. The number of unbranched alkanes of at least 4 members (excludes halogenated alkanes) is 1. The topological polar surface area (TPSA) is 17.1 Å². The van der Waals surface area contributed by atoms with Gasteiger partial charge in [0.05, 0.1) is 10.8 Å². The van der Waals surface area contributed by atoms with Crippen molar-refractivity contribution in [3.63, 3.8) is 0 Å². The SMILES string of the molecule is CCC#CCCCS(=O)c1ccccc1. The van der Waals surface area contributed by atoms with Gasteiger partial charge < -0.3 is 0 Å². The molecule has 1 aromatic carbocycles. The van der Waals surface area contributed by atoms with E-state index in [1.807, 2.05) is 37.3 Å². The Morgan fingerprint density at radius 1 is 1.20 bits per heavy atom. The molecule has 1 aromatic rings. The fraction of sp³-hybridized carbons (Fsp3) is 0.385. The van der Waals surface area contributed by atoms with Gasteiger partial charge in [0, 0.05) is 23.5 Å². The highest BCUT2D eigenvalue weighted by molar-refractivity contribution is 7.85. The van der Waals surface area contributed by atoms with Crippen LogP contribution in [-0.2, 0) is 10.8 Å². The number of hydrogen-bond donors (Lipinski definition) is 0. The van der Waals surface area contributed by atoms with Crippen LogP contribution in [0.5, 0.6) is 0 Å². The van der Waals surface area contributed by atoms with E-state index in [1.165, 1.54) is 0 Å². The molecular weight excluding hydrogens is 204 g/mol. The number of benzene rings is 1. The molecule has 0 fully saturated rings. The zero-order valence-electron chi connectivity index (χ0n) is 9.03. The van der Waals surface area contributed by atoms with Crippen LogP contribution in [0.15, 0.2) is 35.2 Å². The molecule has 0 saturated heterocycles. The van der Waals surface area contributed by atoms with Crippen LogP contribution in [0.3, 0.4) is 0 Å². The third-order valence-corrected chi connectivity index (χ3v) is 3.40. The maximum Gasteiger partial charge on any atom is 0.0529 e. The minimum absolute atomic E-state index is 0.711. The van der Waals surface area contributed by atoms with Crippen molar-refractivity contribution in [3.8, 4) is 11.8 Å². The Labute approximate surface area is 94.4 Å². The summed E-state index contributed by atoms with van der Waals surface area (Å²) in [4.78, 5) is 0.918. The summed E-state index contributed by atoms with van der Waals surface area (Å²) in [5, 5.41) is 0. The molecule has 0 bridgehead atoms. The molecule has 0 aliphatic rings. The van der Waals surface area contributed by atoms with Crippen molar-refractivity contribution in [1.82, 2.24) is 0 Å². The first kappa shape index (κ1) is 12.0. The highest BCUT2D eigenvalue weighted by atomic mass is 32.2. The molecule has 0 amide bonds. The minimum Gasteiger partial charge on any atom is -0.254 e. The summed E-state index contributed by atoms with van der Waals surface area (Å²) in [6.07, 6.45) is 2.67. The van der Waals surface area contributed by atoms with Crippen LogP contribution in [0.4, 0.5) is 0 Å². The number of hydrogen-bond acceptors (Lipinski definition) is 1. The van der Waals surface area contributed by atoms with Crippen LogP contribution in [-0.4, -0.2) is 9.96 Å². The molecule has 0 saturated carbocycles. The molecule has 15 heavy (non-hydrogen) atoms. The summed E-state index contributed by atoms with van der Waals surface area (Å²) in [5.41, 5.74) is 0. The lowest BCUT2D eigenvalue weighted by Crippen LogP contribution is -1.97. The van der Waals surface area contributed by atoms with Crippen LogP contribution in [0.2, 0.25) is 0 Å². The Hall–Kier alpha value is -1.07. The Morgan fingerprint density at radius 3 is 2.60 bits per heavy atom. The van der Waals surface area contributed by atoms with Gasteiger partial charge in [-0.15, -0.1) is 11.8 Å². The van der Waals surface area contributed by atoms with Gasteiger partial charge in [-0.25, -0.2) is 0 Å². The van der Waals surface area contributed by atoms with Crippen molar-refractivity contribution in [2.24, 2.45) is 0 Å². The van der Waals surface area contributed by atoms with Crippen LogP contribution in [0.25, 0.3) is 0 Å². The van der Waals surface area contributed by atoms with Crippen LogP contribution >= 0.6 is 0 Å². The van der Waals surface area contributed by atoms with Crippen molar-refractivity contribution in [2.45, 2.75) is 31.1 Å². The van der Waals surface area contributed by atoms with E-state index in [-0.39, 0.29) is 0 Å². The molecule has 1 unspecified atom stereocenters. The van der Waals surface area contributed by atoms with Gasteiger partial charge in [0.2, 0.25) is 0 Å². The Balaban J connectivity index is 2.31. The second-order valence-electron chi connectivity index (χ2n) is 3.17. The highest BCUT2D eigenvalue weighted by Gasteiger charge is 2.00. The van der Waals surface area contributed by atoms with Gasteiger partial charge in [0.25, 0.3) is 0 Å². The van der Waals surface area contributed by atoms with Gasteiger partial charge in [-0.1, -0.05) is 25.1 Å². The molecule has 0 heterocycles. The van der Waals surface area contributed by atoms with Crippen molar-refractivity contribution in [3.05, 3.63) is 30.3 Å². The zero-order valence-corrected chi connectivity index (χ0v) is 9.85. The van der Waals surface area contributed by atoms with E-state index in [2.05, 4.69) is 11.8 Å². The second kappa shape index (κ2) is 7.25. The standard InChI is InChI=1S/C13H16OS/c1-2-3-4-5-9-12-15(14)13-10-7-6-8-11-13/h6-8,10-11H,2,5,9,12H2,1H3. The van der Waals surface area contributed by atoms with E-state index < -0.39 is 10.8 Å². The normalized spacial score (nSPS) is 11.5. The summed E-state index contributed by atoms with van der Waals surface area (Å²) in [6, 6.07) is 9.60. The first-order chi connectivity index (χ1) is 7.34. The average molecular weight is 220 g/mol. The summed E-state index contributed by atoms with van der Waals surface area (Å²) in [6.45, 7) is 2.04.